The van der Waals surface area contributed by atoms with Crippen LogP contribution in [0.1, 0.15) is 38.2 Å². The molecule has 0 radical (unpaired) electrons. The predicted octanol–water partition coefficient (Wildman–Crippen LogP) is 2.71. The highest BCUT2D eigenvalue weighted by molar-refractivity contribution is 5.81. The zero-order valence-corrected chi connectivity index (χ0v) is 12.3. The quantitative estimate of drug-likeness (QED) is 0.899. The topological polar surface area (TPSA) is 36.4 Å². The van der Waals surface area contributed by atoms with Crippen molar-refractivity contribution in [1.29, 1.82) is 0 Å². The van der Waals surface area contributed by atoms with Crippen molar-refractivity contribution in [2.24, 2.45) is 4.99 Å². The van der Waals surface area contributed by atoms with Crippen LogP contribution >= 0.6 is 0 Å². The molecule has 1 aliphatic heterocycles. The van der Waals surface area contributed by atoms with Gasteiger partial charge in [-0.3, -0.25) is 4.99 Å². The highest BCUT2D eigenvalue weighted by atomic mass is 19.1. The average molecular weight is 293 g/mol. The minimum atomic E-state index is -0.520. The number of rotatable bonds is 3. The van der Waals surface area contributed by atoms with Gasteiger partial charge in [-0.15, -0.1) is 0 Å². The summed E-state index contributed by atoms with van der Waals surface area (Å²) in [5.74, 6) is -0.169. The van der Waals surface area contributed by atoms with Crippen molar-refractivity contribution >= 4 is 5.96 Å². The zero-order valence-electron chi connectivity index (χ0n) is 12.3. The van der Waals surface area contributed by atoms with Crippen molar-refractivity contribution in [3.05, 3.63) is 35.4 Å². The highest BCUT2D eigenvalue weighted by Crippen LogP contribution is 2.41. The van der Waals surface area contributed by atoms with E-state index in [1.165, 1.54) is 6.07 Å². The fourth-order valence-corrected chi connectivity index (χ4v) is 3.43. The maximum absolute atomic E-state index is 14.2. The molecule has 1 aliphatic carbocycles. The molecule has 2 aliphatic rings. The lowest BCUT2D eigenvalue weighted by Crippen LogP contribution is -2.44. The Kier molecular flexibility index (Phi) is 3.83. The molecule has 114 valence electrons. The molecule has 1 unspecified atom stereocenters. The second-order valence-electron chi connectivity index (χ2n) is 6.20. The molecule has 2 N–H and O–H groups in total. The molecular weight excluding hydrogens is 272 g/mol. The lowest BCUT2D eigenvalue weighted by atomic mass is 9.78. The summed E-state index contributed by atoms with van der Waals surface area (Å²) in [6, 6.07) is 4.29. The van der Waals surface area contributed by atoms with E-state index in [-0.39, 0.29) is 5.41 Å². The Labute approximate surface area is 123 Å². The molecule has 0 amide bonds. The first-order valence-electron chi connectivity index (χ1n) is 7.59. The molecule has 0 saturated heterocycles. The van der Waals surface area contributed by atoms with Gasteiger partial charge in [0.05, 0.1) is 6.54 Å². The number of guanidine groups is 1. The number of nitrogens with one attached hydrogen (secondary N) is 2. The molecule has 1 saturated carbocycles. The fourth-order valence-electron chi connectivity index (χ4n) is 3.43. The first kappa shape index (κ1) is 14.3. The number of hydrogen-bond donors (Lipinski definition) is 2. The summed E-state index contributed by atoms with van der Waals surface area (Å²) in [7, 11) is 0. The van der Waals surface area contributed by atoms with Crippen LogP contribution in [-0.2, 0) is 5.41 Å². The maximum atomic E-state index is 14.2. The first-order valence-corrected chi connectivity index (χ1v) is 7.59. The summed E-state index contributed by atoms with van der Waals surface area (Å²) in [5, 5.41) is 6.57. The highest BCUT2D eigenvalue weighted by Gasteiger charge is 2.38. The third-order valence-electron chi connectivity index (χ3n) is 4.56. The van der Waals surface area contributed by atoms with E-state index < -0.39 is 11.6 Å². The van der Waals surface area contributed by atoms with Crippen LogP contribution in [0.25, 0.3) is 0 Å². The van der Waals surface area contributed by atoms with Gasteiger partial charge in [0.15, 0.2) is 5.96 Å². The fraction of sp³-hybridized carbons (Fsp3) is 0.562. The van der Waals surface area contributed by atoms with Gasteiger partial charge in [0.1, 0.15) is 11.6 Å². The SMILES string of the molecule is CC1CN=C(NCC2(c3ccc(F)cc3F)CCCC2)N1. The number of aliphatic imine (C=N–C) groups is 1. The average Bonchev–Trinajstić information content (AvgIpc) is 3.06. The summed E-state index contributed by atoms with van der Waals surface area (Å²) >= 11 is 0. The zero-order chi connectivity index (χ0) is 14.9. The predicted molar refractivity (Wildman–Crippen MR) is 79.4 cm³/mol. The molecule has 0 aromatic heterocycles. The molecule has 0 spiro atoms. The third-order valence-corrected chi connectivity index (χ3v) is 4.56. The molecule has 1 aromatic rings. The van der Waals surface area contributed by atoms with Gasteiger partial charge in [-0.25, -0.2) is 8.78 Å². The van der Waals surface area contributed by atoms with Gasteiger partial charge in [-0.05, 0) is 31.4 Å². The van der Waals surface area contributed by atoms with Crippen molar-refractivity contribution in [1.82, 2.24) is 10.6 Å². The second-order valence-corrected chi connectivity index (χ2v) is 6.20. The third kappa shape index (κ3) is 2.87. The van der Waals surface area contributed by atoms with Crippen LogP contribution in [0.5, 0.6) is 0 Å². The summed E-state index contributed by atoms with van der Waals surface area (Å²) in [6.45, 7) is 3.47. The van der Waals surface area contributed by atoms with Crippen LogP contribution in [0, 0.1) is 11.6 Å². The smallest absolute Gasteiger partial charge is 0.191 e. The van der Waals surface area contributed by atoms with Crippen LogP contribution in [0.2, 0.25) is 0 Å². The van der Waals surface area contributed by atoms with E-state index in [1.54, 1.807) is 6.07 Å². The van der Waals surface area contributed by atoms with Gasteiger partial charge >= 0.3 is 0 Å². The first-order chi connectivity index (χ1) is 10.1. The maximum Gasteiger partial charge on any atom is 0.191 e. The summed E-state index contributed by atoms with van der Waals surface area (Å²) in [5.41, 5.74) is 0.369. The Morgan fingerprint density at radius 2 is 2.10 bits per heavy atom. The van der Waals surface area contributed by atoms with E-state index in [0.29, 0.717) is 18.2 Å². The summed E-state index contributed by atoms with van der Waals surface area (Å²) < 4.78 is 27.3. The number of nitrogens with zero attached hydrogens (tertiary/aromatic N) is 1. The molecule has 1 aromatic carbocycles. The Morgan fingerprint density at radius 3 is 2.71 bits per heavy atom. The minimum Gasteiger partial charge on any atom is -0.356 e. The van der Waals surface area contributed by atoms with Crippen molar-refractivity contribution in [3.8, 4) is 0 Å². The number of benzene rings is 1. The van der Waals surface area contributed by atoms with Gasteiger partial charge in [-0.2, -0.15) is 0 Å². The van der Waals surface area contributed by atoms with Gasteiger partial charge in [0, 0.05) is 24.1 Å². The molecule has 3 rings (SSSR count). The standard InChI is InChI=1S/C16H21F2N3/c1-11-9-19-15(21-11)20-10-16(6-2-3-7-16)13-5-4-12(17)8-14(13)18/h4-5,8,11H,2-3,6-7,9-10H2,1H3,(H2,19,20,21). The summed E-state index contributed by atoms with van der Waals surface area (Å²) in [4.78, 5) is 4.38. The van der Waals surface area contributed by atoms with Crippen LogP contribution in [0.3, 0.4) is 0 Å². The molecule has 1 atom stereocenters. The number of halogens is 2. The lowest BCUT2D eigenvalue weighted by molar-refractivity contribution is 0.407. The van der Waals surface area contributed by atoms with Crippen molar-refractivity contribution < 1.29 is 8.78 Å². The van der Waals surface area contributed by atoms with E-state index in [2.05, 4.69) is 22.5 Å². The van der Waals surface area contributed by atoms with Crippen molar-refractivity contribution in [3.63, 3.8) is 0 Å². The van der Waals surface area contributed by atoms with Gasteiger partial charge in [0.2, 0.25) is 0 Å². The molecule has 21 heavy (non-hydrogen) atoms. The molecule has 5 heteroatoms. The van der Waals surface area contributed by atoms with Crippen molar-refractivity contribution in [2.75, 3.05) is 13.1 Å². The van der Waals surface area contributed by atoms with E-state index in [9.17, 15) is 8.78 Å². The second kappa shape index (κ2) is 5.62. The van der Waals surface area contributed by atoms with Gasteiger partial charge < -0.3 is 10.6 Å². The summed E-state index contributed by atoms with van der Waals surface area (Å²) in [6.07, 6.45) is 4.00. The van der Waals surface area contributed by atoms with Crippen LogP contribution < -0.4 is 10.6 Å². The van der Waals surface area contributed by atoms with Crippen LogP contribution in [-0.4, -0.2) is 25.1 Å². The van der Waals surface area contributed by atoms with E-state index in [1.807, 2.05) is 0 Å². The normalized spacial score (nSPS) is 23.8. The van der Waals surface area contributed by atoms with E-state index >= 15 is 0 Å². The lowest BCUT2D eigenvalue weighted by Gasteiger charge is -2.30. The molecule has 1 fully saturated rings. The Bertz CT molecular complexity index is 550. The van der Waals surface area contributed by atoms with Crippen molar-refractivity contribution in [2.45, 2.75) is 44.1 Å². The monoisotopic (exact) mass is 293 g/mol. The van der Waals surface area contributed by atoms with Gasteiger partial charge in [-0.1, -0.05) is 18.9 Å². The minimum absolute atomic E-state index is 0.256. The van der Waals surface area contributed by atoms with E-state index in [0.717, 1.165) is 44.3 Å². The molecular formula is C16H21F2N3. The van der Waals surface area contributed by atoms with E-state index in [4.69, 9.17) is 0 Å². The molecule has 3 nitrogen and oxygen atoms in total. The molecule has 0 bridgehead atoms. The molecule has 1 heterocycles. The Morgan fingerprint density at radius 1 is 1.33 bits per heavy atom. The van der Waals surface area contributed by atoms with Crippen LogP contribution in [0.15, 0.2) is 23.2 Å². The Hall–Kier alpha value is -1.65. The van der Waals surface area contributed by atoms with Crippen LogP contribution in [0.4, 0.5) is 8.78 Å². The van der Waals surface area contributed by atoms with Gasteiger partial charge in [0.25, 0.3) is 0 Å². The Balaban J connectivity index is 1.79. The largest absolute Gasteiger partial charge is 0.356 e. The number of hydrogen-bond acceptors (Lipinski definition) is 3.